The monoisotopic (exact) mass is 283 g/mol. The topological polar surface area (TPSA) is 98.7 Å². The molecule has 3 N–H and O–H groups in total. The fraction of sp³-hybridized carbons (Fsp3) is 0.250. The van der Waals surface area contributed by atoms with Crippen LogP contribution >= 0.6 is 0 Å². The van der Waals surface area contributed by atoms with Crippen molar-refractivity contribution in [3.63, 3.8) is 0 Å². The first-order valence-electron chi connectivity index (χ1n) is 5.61. The van der Waals surface area contributed by atoms with Crippen molar-refractivity contribution in [2.75, 3.05) is 26.0 Å². The summed E-state index contributed by atoms with van der Waals surface area (Å²) in [7, 11) is 2.77. The molecule has 1 aromatic rings. The number of nitrogens with one attached hydrogen (secondary N) is 2. The van der Waals surface area contributed by atoms with E-state index >= 15 is 0 Å². The van der Waals surface area contributed by atoms with Crippen molar-refractivity contribution < 1.29 is 23.9 Å². The Kier molecular flexibility index (Phi) is 5.01. The molecule has 0 saturated heterocycles. The Morgan fingerprint density at radius 3 is 2.55 bits per heavy atom. The molecule has 20 heavy (non-hydrogen) atoms. The first kappa shape index (κ1) is 15.4. The van der Waals surface area contributed by atoms with Gasteiger partial charge in [-0.2, -0.15) is 0 Å². The van der Waals surface area contributed by atoms with E-state index in [2.05, 4.69) is 10.6 Å². The van der Waals surface area contributed by atoms with Crippen LogP contribution in [-0.2, 0) is 4.79 Å². The average Bonchev–Trinajstić information content (AvgIpc) is 2.37. The number of amides is 3. The highest BCUT2D eigenvalue weighted by molar-refractivity contribution is 6.00. The van der Waals surface area contributed by atoms with Crippen molar-refractivity contribution in [1.82, 2.24) is 10.2 Å². The molecule has 0 aromatic heterocycles. The lowest BCUT2D eigenvalue weighted by atomic mass is 10.1. The zero-order chi connectivity index (χ0) is 15.3. The van der Waals surface area contributed by atoms with Crippen LogP contribution in [0.1, 0.15) is 10.4 Å². The largest absolute Gasteiger partial charge is 0.478 e. The van der Waals surface area contributed by atoms with Crippen LogP contribution in [0.2, 0.25) is 0 Å². The molecular weight excluding hydrogens is 269 g/mol. The van der Waals surface area contributed by atoms with E-state index in [0.717, 1.165) is 11.0 Å². The zero-order valence-electron chi connectivity index (χ0n) is 10.9. The second kappa shape index (κ2) is 6.50. The van der Waals surface area contributed by atoms with Crippen molar-refractivity contribution >= 4 is 23.6 Å². The van der Waals surface area contributed by atoms with Crippen molar-refractivity contribution in [2.45, 2.75) is 0 Å². The molecule has 1 rings (SSSR count). The van der Waals surface area contributed by atoms with Crippen molar-refractivity contribution in [1.29, 1.82) is 0 Å². The van der Waals surface area contributed by atoms with Gasteiger partial charge in [-0.05, 0) is 12.1 Å². The molecule has 0 atom stereocenters. The lowest BCUT2D eigenvalue weighted by Gasteiger charge is -2.17. The van der Waals surface area contributed by atoms with E-state index in [1.807, 2.05) is 0 Å². The third-order valence-electron chi connectivity index (χ3n) is 2.48. The van der Waals surface area contributed by atoms with Crippen LogP contribution in [0.15, 0.2) is 18.2 Å². The molecule has 8 heteroatoms. The molecular formula is C12H14FN3O4. The Morgan fingerprint density at radius 1 is 1.35 bits per heavy atom. The summed E-state index contributed by atoms with van der Waals surface area (Å²) in [5.74, 6) is -2.84. The number of carbonyl (C=O) groups excluding carboxylic acids is 2. The lowest BCUT2D eigenvalue weighted by Crippen LogP contribution is -2.39. The number of halogens is 1. The number of carbonyl (C=O) groups is 3. The molecule has 0 aliphatic carbocycles. The van der Waals surface area contributed by atoms with Gasteiger partial charge in [0.25, 0.3) is 0 Å². The molecule has 0 aliphatic rings. The van der Waals surface area contributed by atoms with Gasteiger partial charge in [-0.15, -0.1) is 0 Å². The number of hydrogen-bond acceptors (Lipinski definition) is 3. The van der Waals surface area contributed by atoms with Gasteiger partial charge in [0.2, 0.25) is 5.91 Å². The molecule has 0 saturated carbocycles. The van der Waals surface area contributed by atoms with Gasteiger partial charge in [-0.25, -0.2) is 14.0 Å². The van der Waals surface area contributed by atoms with Gasteiger partial charge in [0.15, 0.2) is 0 Å². The van der Waals surface area contributed by atoms with Gasteiger partial charge in [0, 0.05) is 14.1 Å². The first-order valence-corrected chi connectivity index (χ1v) is 5.61. The van der Waals surface area contributed by atoms with E-state index in [-0.39, 0.29) is 18.1 Å². The Labute approximate surface area is 114 Å². The highest BCUT2D eigenvalue weighted by atomic mass is 19.1. The van der Waals surface area contributed by atoms with Gasteiger partial charge >= 0.3 is 12.0 Å². The number of nitrogens with zero attached hydrogens (tertiary/aromatic N) is 1. The molecule has 0 aliphatic heterocycles. The van der Waals surface area contributed by atoms with Crippen LogP contribution in [0.5, 0.6) is 0 Å². The number of likely N-dealkylation sites (N-methyl/N-ethyl adjacent to an activating group) is 2. The lowest BCUT2D eigenvalue weighted by molar-refractivity contribution is -0.120. The van der Waals surface area contributed by atoms with E-state index in [0.29, 0.717) is 0 Å². The average molecular weight is 283 g/mol. The second-order valence-electron chi connectivity index (χ2n) is 3.93. The van der Waals surface area contributed by atoms with Gasteiger partial charge in [-0.1, -0.05) is 6.07 Å². The van der Waals surface area contributed by atoms with E-state index in [1.54, 1.807) is 0 Å². The van der Waals surface area contributed by atoms with Gasteiger partial charge in [0.1, 0.15) is 17.9 Å². The Morgan fingerprint density at radius 2 is 2.00 bits per heavy atom. The molecule has 0 spiro atoms. The number of carboxylic acids is 1. The zero-order valence-corrected chi connectivity index (χ0v) is 10.9. The molecule has 0 unspecified atom stereocenters. The molecule has 0 radical (unpaired) electrons. The summed E-state index contributed by atoms with van der Waals surface area (Å²) in [6, 6.07) is 2.79. The fourth-order valence-corrected chi connectivity index (χ4v) is 1.42. The number of urea groups is 1. The maximum Gasteiger partial charge on any atom is 0.340 e. The van der Waals surface area contributed by atoms with E-state index in [1.165, 1.54) is 26.2 Å². The third-order valence-corrected chi connectivity index (χ3v) is 2.48. The Balaban J connectivity index is 2.88. The Bertz CT molecular complexity index is 548. The predicted octanol–water partition coefficient (Wildman–Crippen LogP) is 0.734. The first-order chi connectivity index (χ1) is 9.36. The molecule has 108 valence electrons. The van der Waals surface area contributed by atoms with Gasteiger partial charge < -0.3 is 20.6 Å². The SMILES string of the molecule is CNC(=O)CN(C)C(=O)Nc1cccc(F)c1C(=O)O. The smallest absolute Gasteiger partial charge is 0.340 e. The van der Waals surface area contributed by atoms with Crippen LogP contribution < -0.4 is 10.6 Å². The minimum Gasteiger partial charge on any atom is -0.478 e. The van der Waals surface area contributed by atoms with Crippen molar-refractivity contribution in [2.24, 2.45) is 0 Å². The number of benzene rings is 1. The minimum absolute atomic E-state index is 0.175. The summed E-state index contributed by atoms with van der Waals surface area (Å²) < 4.78 is 13.4. The summed E-state index contributed by atoms with van der Waals surface area (Å²) in [4.78, 5) is 34.9. The van der Waals surface area contributed by atoms with Crippen LogP contribution in [0, 0.1) is 5.82 Å². The molecule has 7 nitrogen and oxygen atoms in total. The normalized spacial score (nSPS) is 9.75. The number of hydrogen-bond donors (Lipinski definition) is 3. The maximum absolute atomic E-state index is 13.4. The predicted molar refractivity (Wildman–Crippen MR) is 69.1 cm³/mol. The highest BCUT2D eigenvalue weighted by Crippen LogP contribution is 2.19. The van der Waals surface area contributed by atoms with Crippen molar-refractivity contribution in [3.8, 4) is 0 Å². The maximum atomic E-state index is 13.4. The molecule has 0 heterocycles. The summed E-state index contributed by atoms with van der Waals surface area (Å²) in [6.07, 6.45) is 0. The number of anilines is 1. The Hall–Kier alpha value is -2.64. The summed E-state index contributed by atoms with van der Waals surface area (Å²) >= 11 is 0. The minimum atomic E-state index is -1.49. The van der Waals surface area contributed by atoms with E-state index in [4.69, 9.17) is 5.11 Å². The van der Waals surface area contributed by atoms with Crippen LogP contribution in [0.3, 0.4) is 0 Å². The summed E-state index contributed by atoms with van der Waals surface area (Å²) in [5, 5.41) is 13.5. The number of carboxylic acid groups (broad SMARTS) is 1. The summed E-state index contributed by atoms with van der Waals surface area (Å²) in [6.45, 7) is -0.208. The molecule has 3 amide bonds. The van der Waals surface area contributed by atoms with Gasteiger partial charge in [-0.3, -0.25) is 4.79 Å². The van der Waals surface area contributed by atoms with Crippen LogP contribution in [0.25, 0.3) is 0 Å². The molecule has 1 aromatic carbocycles. The fourth-order valence-electron chi connectivity index (χ4n) is 1.42. The molecule has 0 fully saturated rings. The second-order valence-corrected chi connectivity index (χ2v) is 3.93. The van der Waals surface area contributed by atoms with Crippen LogP contribution in [0.4, 0.5) is 14.9 Å². The van der Waals surface area contributed by atoms with E-state index < -0.39 is 23.4 Å². The third kappa shape index (κ3) is 3.67. The van der Waals surface area contributed by atoms with Crippen LogP contribution in [-0.4, -0.2) is 48.6 Å². The standard InChI is InChI=1S/C12H14FN3O4/c1-14-9(17)6-16(2)12(20)15-8-5-3-4-7(13)10(8)11(18)19/h3-5H,6H2,1-2H3,(H,14,17)(H,15,20)(H,18,19). The van der Waals surface area contributed by atoms with Crippen molar-refractivity contribution in [3.05, 3.63) is 29.6 Å². The summed E-state index contributed by atoms with van der Waals surface area (Å²) in [5.41, 5.74) is -0.805. The highest BCUT2D eigenvalue weighted by Gasteiger charge is 2.19. The van der Waals surface area contributed by atoms with Gasteiger partial charge in [0.05, 0.1) is 5.69 Å². The number of rotatable bonds is 4. The number of aromatic carboxylic acids is 1. The van der Waals surface area contributed by atoms with E-state index in [9.17, 15) is 18.8 Å². The molecule has 0 bridgehead atoms. The quantitative estimate of drug-likeness (QED) is 0.758.